The third-order valence-corrected chi connectivity index (χ3v) is 5.51. The minimum absolute atomic E-state index is 0.531. The number of nitrogens with one attached hydrogen (secondary N) is 2. The SMILES string of the molecule is CC1(C)C(CNC2CCCNCC2)C1(C)C. The molecule has 1 aliphatic carbocycles. The van der Waals surface area contributed by atoms with Crippen LogP contribution >= 0.6 is 0 Å². The molecule has 0 bridgehead atoms. The highest BCUT2D eigenvalue weighted by atomic mass is 15.0. The smallest absolute Gasteiger partial charge is 0.00797 e. The van der Waals surface area contributed by atoms with E-state index in [1.165, 1.54) is 38.9 Å². The molecule has 2 heteroatoms. The molecule has 1 saturated carbocycles. The summed E-state index contributed by atoms with van der Waals surface area (Å²) in [4.78, 5) is 0. The van der Waals surface area contributed by atoms with Crippen LogP contribution in [0.15, 0.2) is 0 Å². The van der Waals surface area contributed by atoms with E-state index in [9.17, 15) is 0 Å². The standard InChI is InChI=1S/C14H28N2/c1-13(2)12(14(13,3)4)10-16-11-6-5-8-15-9-7-11/h11-12,15-16H,5-10H2,1-4H3. The average molecular weight is 224 g/mol. The van der Waals surface area contributed by atoms with Crippen LogP contribution in [-0.2, 0) is 0 Å². The monoisotopic (exact) mass is 224 g/mol. The van der Waals surface area contributed by atoms with Crippen LogP contribution in [0.4, 0.5) is 0 Å². The molecule has 1 unspecified atom stereocenters. The van der Waals surface area contributed by atoms with Crippen LogP contribution < -0.4 is 10.6 Å². The van der Waals surface area contributed by atoms with Gasteiger partial charge in [-0.25, -0.2) is 0 Å². The minimum Gasteiger partial charge on any atom is -0.317 e. The first-order valence-corrected chi connectivity index (χ1v) is 6.90. The molecule has 16 heavy (non-hydrogen) atoms. The molecule has 1 heterocycles. The van der Waals surface area contributed by atoms with Gasteiger partial charge in [-0.05, 0) is 55.6 Å². The Morgan fingerprint density at radius 2 is 1.75 bits per heavy atom. The highest BCUT2D eigenvalue weighted by Gasteiger charge is 2.63. The Labute approximate surface area is 101 Å². The van der Waals surface area contributed by atoms with E-state index in [0.717, 1.165) is 12.0 Å². The van der Waals surface area contributed by atoms with Crippen LogP contribution in [0.1, 0.15) is 47.0 Å². The van der Waals surface area contributed by atoms with Crippen molar-refractivity contribution in [3.63, 3.8) is 0 Å². The molecule has 1 atom stereocenters. The summed E-state index contributed by atoms with van der Waals surface area (Å²) in [6.07, 6.45) is 3.98. The van der Waals surface area contributed by atoms with Gasteiger partial charge in [-0.15, -0.1) is 0 Å². The third-order valence-electron chi connectivity index (χ3n) is 5.51. The van der Waals surface area contributed by atoms with Crippen molar-refractivity contribution in [2.24, 2.45) is 16.7 Å². The summed E-state index contributed by atoms with van der Waals surface area (Å²) in [5.41, 5.74) is 1.06. The lowest BCUT2D eigenvalue weighted by molar-refractivity contribution is 0.431. The molecule has 1 aliphatic heterocycles. The normalized spacial score (nSPS) is 33.4. The summed E-state index contributed by atoms with van der Waals surface area (Å²) in [6, 6.07) is 0.752. The Bertz CT molecular complexity index is 223. The summed E-state index contributed by atoms with van der Waals surface area (Å²) >= 11 is 0. The van der Waals surface area contributed by atoms with Gasteiger partial charge in [-0.2, -0.15) is 0 Å². The van der Waals surface area contributed by atoms with Crippen LogP contribution in [0.25, 0.3) is 0 Å². The second kappa shape index (κ2) is 4.30. The van der Waals surface area contributed by atoms with Gasteiger partial charge in [0.25, 0.3) is 0 Å². The molecule has 0 radical (unpaired) electrons. The van der Waals surface area contributed by atoms with Gasteiger partial charge in [0, 0.05) is 6.04 Å². The lowest BCUT2D eigenvalue weighted by Crippen LogP contribution is -2.32. The lowest BCUT2D eigenvalue weighted by atomic mass is 10.0. The second-order valence-electron chi connectivity index (χ2n) is 6.78. The van der Waals surface area contributed by atoms with E-state index in [2.05, 4.69) is 38.3 Å². The quantitative estimate of drug-likeness (QED) is 0.769. The summed E-state index contributed by atoms with van der Waals surface area (Å²) in [7, 11) is 0. The van der Waals surface area contributed by atoms with Crippen molar-refractivity contribution in [3.8, 4) is 0 Å². The molecule has 1 saturated heterocycles. The summed E-state index contributed by atoms with van der Waals surface area (Å²) in [5, 5.41) is 7.27. The zero-order valence-electron chi connectivity index (χ0n) is 11.4. The van der Waals surface area contributed by atoms with Crippen LogP contribution in [0, 0.1) is 16.7 Å². The van der Waals surface area contributed by atoms with Crippen molar-refractivity contribution in [2.75, 3.05) is 19.6 Å². The largest absolute Gasteiger partial charge is 0.317 e. The Balaban J connectivity index is 1.76. The van der Waals surface area contributed by atoms with Gasteiger partial charge in [0.05, 0.1) is 0 Å². The molecule has 94 valence electrons. The van der Waals surface area contributed by atoms with Crippen molar-refractivity contribution in [1.82, 2.24) is 10.6 Å². The van der Waals surface area contributed by atoms with Crippen molar-refractivity contribution in [1.29, 1.82) is 0 Å². The molecule has 0 aromatic heterocycles. The fourth-order valence-corrected chi connectivity index (χ4v) is 3.35. The second-order valence-corrected chi connectivity index (χ2v) is 6.78. The van der Waals surface area contributed by atoms with Gasteiger partial charge < -0.3 is 10.6 Å². The van der Waals surface area contributed by atoms with E-state index >= 15 is 0 Å². The highest BCUT2D eigenvalue weighted by molar-refractivity contribution is 5.12. The van der Waals surface area contributed by atoms with E-state index in [1.54, 1.807) is 0 Å². The summed E-state index contributed by atoms with van der Waals surface area (Å²) in [5.74, 6) is 0.858. The molecule has 0 spiro atoms. The zero-order chi connectivity index (χ0) is 11.8. The number of rotatable bonds is 3. The van der Waals surface area contributed by atoms with Gasteiger partial charge in [0.2, 0.25) is 0 Å². The van der Waals surface area contributed by atoms with Crippen molar-refractivity contribution >= 4 is 0 Å². The third kappa shape index (κ3) is 2.14. The van der Waals surface area contributed by atoms with Crippen molar-refractivity contribution < 1.29 is 0 Å². The first-order valence-electron chi connectivity index (χ1n) is 6.90. The van der Waals surface area contributed by atoms with Crippen LogP contribution in [0.2, 0.25) is 0 Å². The Morgan fingerprint density at radius 1 is 1.06 bits per heavy atom. The summed E-state index contributed by atoms with van der Waals surface area (Å²) < 4.78 is 0. The fourth-order valence-electron chi connectivity index (χ4n) is 3.35. The van der Waals surface area contributed by atoms with E-state index in [0.29, 0.717) is 10.8 Å². The Kier molecular flexibility index (Phi) is 3.33. The predicted molar refractivity (Wildman–Crippen MR) is 69.6 cm³/mol. The maximum atomic E-state index is 3.79. The van der Waals surface area contributed by atoms with Crippen molar-refractivity contribution in [2.45, 2.75) is 53.0 Å². The fraction of sp³-hybridized carbons (Fsp3) is 1.00. The zero-order valence-corrected chi connectivity index (χ0v) is 11.4. The molecule has 2 rings (SSSR count). The van der Waals surface area contributed by atoms with Gasteiger partial charge in [-0.1, -0.05) is 27.7 Å². The molecular weight excluding hydrogens is 196 g/mol. The average Bonchev–Trinajstić information content (AvgIpc) is 2.73. The maximum Gasteiger partial charge on any atom is 0.00797 e. The molecule has 2 fully saturated rings. The molecule has 0 amide bonds. The predicted octanol–water partition coefficient (Wildman–Crippen LogP) is 2.40. The van der Waals surface area contributed by atoms with Gasteiger partial charge in [0.15, 0.2) is 0 Å². The van der Waals surface area contributed by atoms with Gasteiger partial charge in [0.1, 0.15) is 0 Å². The van der Waals surface area contributed by atoms with E-state index in [-0.39, 0.29) is 0 Å². The molecule has 2 N–H and O–H groups in total. The molecule has 0 aromatic carbocycles. The van der Waals surface area contributed by atoms with Crippen LogP contribution in [-0.4, -0.2) is 25.7 Å². The van der Waals surface area contributed by atoms with E-state index in [4.69, 9.17) is 0 Å². The first kappa shape index (κ1) is 12.4. The molecule has 0 aromatic rings. The van der Waals surface area contributed by atoms with Crippen molar-refractivity contribution in [3.05, 3.63) is 0 Å². The van der Waals surface area contributed by atoms with E-state index in [1.807, 2.05) is 0 Å². The summed E-state index contributed by atoms with van der Waals surface area (Å²) in [6.45, 7) is 13.3. The minimum atomic E-state index is 0.531. The highest BCUT2D eigenvalue weighted by Crippen LogP contribution is 2.67. The Hall–Kier alpha value is -0.0800. The molecular formula is C14H28N2. The van der Waals surface area contributed by atoms with Crippen LogP contribution in [0.5, 0.6) is 0 Å². The van der Waals surface area contributed by atoms with Gasteiger partial charge in [-0.3, -0.25) is 0 Å². The maximum absolute atomic E-state index is 3.79. The van der Waals surface area contributed by atoms with Crippen LogP contribution in [0.3, 0.4) is 0 Å². The first-order chi connectivity index (χ1) is 7.46. The number of hydrogen-bond acceptors (Lipinski definition) is 2. The van der Waals surface area contributed by atoms with E-state index < -0.39 is 0 Å². The molecule has 2 nitrogen and oxygen atoms in total. The topological polar surface area (TPSA) is 24.1 Å². The number of hydrogen-bond donors (Lipinski definition) is 2. The Morgan fingerprint density at radius 3 is 2.38 bits per heavy atom. The van der Waals surface area contributed by atoms with Gasteiger partial charge >= 0.3 is 0 Å². The molecule has 2 aliphatic rings. The lowest BCUT2D eigenvalue weighted by Gasteiger charge is -2.16.